The minimum Gasteiger partial charge on any atom is -0.481 e. The molecular formula is C10H12O3S. The van der Waals surface area contributed by atoms with Crippen LogP contribution in [0.5, 0.6) is 0 Å². The molecule has 0 radical (unpaired) electrons. The number of hydrogen-bond donors (Lipinski definition) is 1. The smallest absolute Gasteiger partial charge is 0.307 e. The summed E-state index contributed by atoms with van der Waals surface area (Å²) in [7, 11) is -0.850. The molecule has 1 N–H and O–H groups in total. The van der Waals surface area contributed by atoms with Crippen LogP contribution in [0.15, 0.2) is 24.3 Å². The van der Waals surface area contributed by atoms with E-state index in [0.29, 0.717) is 5.75 Å². The molecule has 1 rings (SSSR count). The van der Waals surface area contributed by atoms with Crippen molar-refractivity contribution in [3.05, 3.63) is 35.4 Å². The first-order valence-corrected chi connectivity index (χ1v) is 5.90. The van der Waals surface area contributed by atoms with Crippen molar-refractivity contribution in [1.29, 1.82) is 0 Å². The second-order valence-corrected chi connectivity index (χ2v) is 4.54. The van der Waals surface area contributed by atoms with Gasteiger partial charge in [-0.25, -0.2) is 0 Å². The van der Waals surface area contributed by atoms with Crippen molar-refractivity contribution in [3.8, 4) is 0 Å². The van der Waals surface area contributed by atoms with E-state index in [1.54, 1.807) is 18.4 Å². The normalized spacial score (nSPS) is 12.4. The Morgan fingerprint density at radius 2 is 1.79 bits per heavy atom. The van der Waals surface area contributed by atoms with Crippen LogP contribution in [0.2, 0.25) is 0 Å². The van der Waals surface area contributed by atoms with E-state index in [1.807, 2.05) is 12.1 Å². The third-order valence-electron chi connectivity index (χ3n) is 1.75. The molecule has 1 unspecified atom stereocenters. The van der Waals surface area contributed by atoms with Gasteiger partial charge in [-0.15, -0.1) is 0 Å². The molecule has 1 aromatic rings. The summed E-state index contributed by atoms with van der Waals surface area (Å²) in [4.78, 5) is 10.4. The maximum atomic E-state index is 10.9. The molecule has 0 fully saturated rings. The minimum absolute atomic E-state index is 0.0372. The number of rotatable bonds is 4. The second-order valence-electron chi connectivity index (χ2n) is 3.10. The van der Waals surface area contributed by atoms with Gasteiger partial charge in [-0.2, -0.15) is 0 Å². The molecule has 14 heavy (non-hydrogen) atoms. The van der Waals surface area contributed by atoms with Crippen molar-refractivity contribution >= 4 is 16.8 Å². The van der Waals surface area contributed by atoms with Crippen LogP contribution in [-0.2, 0) is 27.8 Å². The van der Waals surface area contributed by atoms with Crippen LogP contribution in [0.1, 0.15) is 11.1 Å². The highest BCUT2D eigenvalue weighted by molar-refractivity contribution is 7.83. The number of carboxylic acid groups (broad SMARTS) is 1. The maximum Gasteiger partial charge on any atom is 0.307 e. The first-order chi connectivity index (χ1) is 6.58. The molecule has 0 aliphatic carbocycles. The molecule has 0 saturated heterocycles. The molecule has 0 bridgehead atoms. The number of benzene rings is 1. The number of carbonyl (C=O) groups is 1. The lowest BCUT2D eigenvalue weighted by Gasteiger charge is -2.00. The quantitative estimate of drug-likeness (QED) is 0.815. The monoisotopic (exact) mass is 212 g/mol. The second kappa shape index (κ2) is 4.91. The highest BCUT2D eigenvalue weighted by Crippen LogP contribution is 2.06. The summed E-state index contributed by atoms with van der Waals surface area (Å²) in [6, 6.07) is 7.16. The number of aliphatic carboxylic acids is 1. The molecule has 1 atom stereocenters. The molecule has 4 heteroatoms. The van der Waals surface area contributed by atoms with E-state index in [4.69, 9.17) is 5.11 Å². The van der Waals surface area contributed by atoms with E-state index >= 15 is 0 Å². The number of hydrogen-bond acceptors (Lipinski definition) is 2. The zero-order valence-electron chi connectivity index (χ0n) is 7.90. The van der Waals surface area contributed by atoms with Crippen LogP contribution in [0.4, 0.5) is 0 Å². The highest BCUT2D eigenvalue weighted by Gasteiger charge is 2.00. The average molecular weight is 212 g/mol. The van der Waals surface area contributed by atoms with Gasteiger partial charge in [0.05, 0.1) is 6.42 Å². The van der Waals surface area contributed by atoms with Crippen molar-refractivity contribution in [3.63, 3.8) is 0 Å². The van der Waals surface area contributed by atoms with Gasteiger partial charge in [0.25, 0.3) is 0 Å². The first-order valence-electron chi connectivity index (χ1n) is 4.17. The van der Waals surface area contributed by atoms with Crippen molar-refractivity contribution in [2.45, 2.75) is 12.2 Å². The lowest BCUT2D eigenvalue weighted by molar-refractivity contribution is -0.136. The molecule has 0 aromatic heterocycles. The Hall–Kier alpha value is -1.16. The Bertz CT molecular complexity index is 308. The molecule has 0 aliphatic rings. The van der Waals surface area contributed by atoms with Crippen molar-refractivity contribution in [2.24, 2.45) is 0 Å². The average Bonchev–Trinajstić information content (AvgIpc) is 2.06. The van der Waals surface area contributed by atoms with Gasteiger partial charge in [0.15, 0.2) is 0 Å². The van der Waals surface area contributed by atoms with E-state index in [0.717, 1.165) is 11.1 Å². The molecule has 0 amide bonds. The molecule has 0 heterocycles. The largest absolute Gasteiger partial charge is 0.481 e. The van der Waals surface area contributed by atoms with Gasteiger partial charge in [-0.3, -0.25) is 9.00 Å². The number of carboxylic acids is 1. The third-order valence-corrected chi connectivity index (χ3v) is 2.49. The van der Waals surface area contributed by atoms with E-state index < -0.39 is 16.8 Å². The molecule has 0 saturated carbocycles. The molecule has 0 spiro atoms. The fraction of sp³-hybridized carbons (Fsp3) is 0.300. The summed E-state index contributed by atoms with van der Waals surface area (Å²) in [6.45, 7) is 0. The Balaban J connectivity index is 2.68. The van der Waals surface area contributed by atoms with Crippen LogP contribution >= 0.6 is 0 Å². The lowest BCUT2D eigenvalue weighted by Crippen LogP contribution is -2.00. The van der Waals surface area contributed by atoms with Crippen LogP contribution in [0.25, 0.3) is 0 Å². The topological polar surface area (TPSA) is 54.4 Å². The summed E-state index contributed by atoms with van der Waals surface area (Å²) in [5.41, 5.74) is 1.74. The summed E-state index contributed by atoms with van der Waals surface area (Å²) in [5.74, 6) is -0.315. The lowest BCUT2D eigenvalue weighted by atomic mass is 10.1. The predicted octanol–water partition coefficient (Wildman–Crippen LogP) is 1.19. The third kappa shape index (κ3) is 3.70. The van der Waals surface area contributed by atoms with Gasteiger partial charge in [0.1, 0.15) is 0 Å². The zero-order chi connectivity index (χ0) is 10.6. The summed E-state index contributed by atoms with van der Waals surface area (Å²) in [6.07, 6.45) is 1.68. The summed E-state index contributed by atoms with van der Waals surface area (Å²) in [5, 5.41) is 8.53. The SMILES string of the molecule is CS(=O)Cc1ccc(CC(=O)O)cc1. The zero-order valence-corrected chi connectivity index (χ0v) is 8.71. The van der Waals surface area contributed by atoms with Crippen LogP contribution in [0, 0.1) is 0 Å². The van der Waals surface area contributed by atoms with E-state index in [1.165, 1.54) is 0 Å². The van der Waals surface area contributed by atoms with E-state index in [2.05, 4.69) is 0 Å². The van der Waals surface area contributed by atoms with Crippen molar-refractivity contribution in [2.75, 3.05) is 6.26 Å². The van der Waals surface area contributed by atoms with Gasteiger partial charge in [0, 0.05) is 22.8 Å². The Kier molecular flexibility index (Phi) is 3.83. The Morgan fingerprint density at radius 3 is 2.21 bits per heavy atom. The molecule has 3 nitrogen and oxygen atoms in total. The fourth-order valence-corrected chi connectivity index (χ4v) is 1.82. The Labute approximate surface area is 85.2 Å². The highest BCUT2D eigenvalue weighted by atomic mass is 32.2. The van der Waals surface area contributed by atoms with Crippen LogP contribution in [-0.4, -0.2) is 21.5 Å². The van der Waals surface area contributed by atoms with E-state index in [-0.39, 0.29) is 6.42 Å². The minimum atomic E-state index is -0.850. The van der Waals surface area contributed by atoms with E-state index in [9.17, 15) is 9.00 Å². The predicted molar refractivity (Wildman–Crippen MR) is 55.6 cm³/mol. The van der Waals surface area contributed by atoms with Gasteiger partial charge < -0.3 is 5.11 Å². The van der Waals surface area contributed by atoms with Gasteiger partial charge >= 0.3 is 5.97 Å². The van der Waals surface area contributed by atoms with Gasteiger partial charge in [0.2, 0.25) is 0 Å². The summed E-state index contributed by atoms with van der Waals surface area (Å²) < 4.78 is 10.9. The molecule has 0 aliphatic heterocycles. The standard InChI is InChI=1S/C10H12O3S/c1-14(13)7-9-4-2-8(3-5-9)6-10(11)12/h2-5H,6-7H2,1H3,(H,11,12). The van der Waals surface area contributed by atoms with Crippen molar-refractivity contribution in [1.82, 2.24) is 0 Å². The maximum absolute atomic E-state index is 10.9. The Morgan fingerprint density at radius 1 is 1.29 bits per heavy atom. The van der Waals surface area contributed by atoms with Crippen molar-refractivity contribution < 1.29 is 14.1 Å². The van der Waals surface area contributed by atoms with Crippen LogP contribution < -0.4 is 0 Å². The van der Waals surface area contributed by atoms with Gasteiger partial charge in [-0.05, 0) is 11.1 Å². The fourth-order valence-electron chi connectivity index (χ4n) is 1.16. The molecule has 76 valence electrons. The molecular weight excluding hydrogens is 200 g/mol. The molecule has 1 aromatic carbocycles. The first kappa shape index (κ1) is 10.9. The summed E-state index contributed by atoms with van der Waals surface area (Å²) >= 11 is 0. The van der Waals surface area contributed by atoms with Gasteiger partial charge in [-0.1, -0.05) is 24.3 Å². The van der Waals surface area contributed by atoms with Crippen LogP contribution in [0.3, 0.4) is 0 Å².